The minimum absolute atomic E-state index is 0.249. The molecule has 7 nitrogen and oxygen atoms in total. The molecular formula is C22H38N4O3. The monoisotopic (exact) mass is 406 g/mol. The molecule has 1 aromatic carbocycles. The minimum atomic E-state index is 0.249. The van der Waals surface area contributed by atoms with Crippen LogP contribution in [-0.4, -0.2) is 90.1 Å². The third kappa shape index (κ3) is 7.49. The molecule has 1 atom stereocenters. The maximum absolute atomic E-state index is 5.97. The van der Waals surface area contributed by atoms with Crippen molar-refractivity contribution in [3.8, 4) is 5.75 Å². The van der Waals surface area contributed by atoms with Crippen molar-refractivity contribution in [2.45, 2.75) is 31.4 Å². The Morgan fingerprint density at radius 1 is 1.17 bits per heavy atom. The number of aliphatic imine (C=N–C) groups is 1. The summed E-state index contributed by atoms with van der Waals surface area (Å²) < 4.78 is 16.3. The largest absolute Gasteiger partial charge is 0.497 e. The summed E-state index contributed by atoms with van der Waals surface area (Å²) in [5, 5.41) is 3.57. The van der Waals surface area contributed by atoms with E-state index in [1.54, 1.807) is 14.2 Å². The molecule has 0 saturated carbocycles. The zero-order chi connectivity index (χ0) is 21.1. The van der Waals surface area contributed by atoms with Crippen LogP contribution in [0.1, 0.15) is 30.9 Å². The topological polar surface area (TPSA) is 58.6 Å². The van der Waals surface area contributed by atoms with Gasteiger partial charge < -0.3 is 29.3 Å². The average molecular weight is 407 g/mol. The van der Waals surface area contributed by atoms with Crippen LogP contribution in [0, 0.1) is 0 Å². The lowest BCUT2D eigenvalue weighted by Crippen LogP contribution is -2.48. The van der Waals surface area contributed by atoms with E-state index < -0.39 is 0 Å². The van der Waals surface area contributed by atoms with Crippen molar-refractivity contribution in [2.24, 2.45) is 4.99 Å². The van der Waals surface area contributed by atoms with Crippen molar-refractivity contribution in [2.75, 3.05) is 68.2 Å². The second-order valence-corrected chi connectivity index (χ2v) is 7.58. The first-order chi connectivity index (χ1) is 14.1. The number of piperidine rings is 1. The van der Waals surface area contributed by atoms with Crippen LogP contribution in [-0.2, 0) is 9.47 Å². The van der Waals surface area contributed by atoms with Gasteiger partial charge in [0.2, 0.25) is 0 Å². The molecule has 0 radical (unpaired) electrons. The van der Waals surface area contributed by atoms with Crippen LogP contribution in [0.15, 0.2) is 29.3 Å². The molecule has 1 unspecified atom stereocenters. The highest BCUT2D eigenvalue weighted by Gasteiger charge is 2.23. The number of hydrogen-bond acceptors (Lipinski definition) is 5. The molecular weight excluding hydrogens is 368 g/mol. The quantitative estimate of drug-likeness (QED) is 0.366. The molecule has 1 fully saturated rings. The fourth-order valence-corrected chi connectivity index (χ4v) is 3.63. The zero-order valence-electron chi connectivity index (χ0n) is 18.7. The average Bonchev–Trinajstić information content (AvgIpc) is 2.75. The van der Waals surface area contributed by atoms with Gasteiger partial charge in [-0.3, -0.25) is 4.99 Å². The summed E-state index contributed by atoms with van der Waals surface area (Å²) >= 11 is 0. The van der Waals surface area contributed by atoms with E-state index in [9.17, 15) is 0 Å². The van der Waals surface area contributed by atoms with E-state index in [2.05, 4.69) is 46.3 Å². The number of benzene rings is 1. The highest BCUT2D eigenvalue weighted by molar-refractivity contribution is 5.80. The summed E-state index contributed by atoms with van der Waals surface area (Å²) in [4.78, 5) is 9.06. The second kappa shape index (κ2) is 12.7. The van der Waals surface area contributed by atoms with Crippen LogP contribution in [0.5, 0.6) is 5.75 Å². The predicted molar refractivity (Wildman–Crippen MR) is 118 cm³/mol. The first kappa shape index (κ1) is 23.4. The van der Waals surface area contributed by atoms with E-state index in [1.165, 1.54) is 5.56 Å². The van der Waals surface area contributed by atoms with Crippen molar-refractivity contribution < 1.29 is 14.2 Å². The fraction of sp³-hybridized carbons (Fsp3) is 0.682. The molecule has 1 aliphatic heterocycles. The molecule has 0 spiro atoms. The van der Waals surface area contributed by atoms with Crippen molar-refractivity contribution >= 4 is 5.96 Å². The Balaban J connectivity index is 1.84. The van der Waals surface area contributed by atoms with Crippen molar-refractivity contribution in [1.29, 1.82) is 0 Å². The van der Waals surface area contributed by atoms with Crippen molar-refractivity contribution in [1.82, 2.24) is 15.1 Å². The predicted octanol–water partition coefficient (Wildman–Crippen LogP) is 2.39. The number of ether oxygens (including phenoxy) is 3. The maximum atomic E-state index is 5.97. The van der Waals surface area contributed by atoms with E-state index >= 15 is 0 Å². The second-order valence-electron chi connectivity index (χ2n) is 7.58. The normalized spacial score (nSPS) is 16.9. The van der Waals surface area contributed by atoms with Gasteiger partial charge in [0.05, 0.1) is 19.3 Å². The van der Waals surface area contributed by atoms with Gasteiger partial charge in [0, 0.05) is 47.0 Å². The fourth-order valence-electron chi connectivity index (χ4n) is 3.63. The van der Waals surface area contributed by atoms with Crippen LogP contribution in [0.25, 0.3) is 0 Å². The van der Waals surface area contributed by atoms with Crippen LogP contribution >= 0.6 is 0 Å². The number of likely N-dealkylation sites (tertiary alicyclic amines) is 1. The minimum Gasteiger partial charge on any atom is -0.497 e. The van der Waals surface area contributed by atoms with Gasteiger partial charge in [0.1, 0.15) is 5.75 Å². The summed E-state index contributed by atoms with van der Waals surface area (Å²) in [6, 6.07) is 8.52. The Labute approximate surface area is 176 Å². The smallest absolute Gasteiger partial charge is 0.193 e. The Hall–Kier alpha value is -1.83. The molecule has 0 bridgehead atoms. The molecule has 2 rings (SSSR count). The van der Waals surface area contributed by atoms with Gasteiger partial charge in [-0.25, -0.2) is 0 Å². The van der Waals surface area contributed by atoms with Gasteiger partial charge >= 0.3 is 0 Å². The lowest BCUT2D eigenvalue weighted by Gasteiger charge is -2.35. The van der Waals surface area contributed by atoms with Crippen LogP contribution < -0.4 is 10.1 Å². The van der Waals surface area contributed by atoms with Gasteiger partial charge in [0.15, 0.2) is 5.96 Å². The lowest BCUT2D eigenvalue weighted by molar-refractivity contribution is 0.00987. The summed E-state index contributed by atoms with van der Waals surface area (Å²) in [7, 11) is 9.48. The summed E-state index contributed by atoms with van der Waals surface area (Å²) in [5.74, 6) is 1.84. The number of rotatable bonds is 10. The highest BCUT2D eigenvalue weighted by atomic mass is 16.5. The van der Waals surface area contributed by atoms with Crippen LogP contribution in [0.2, 0.25) is 0 Å². The van der Waals surface area contributed by atoms with Crippen LogP contribution in [0.3, 0.4) is 0 Å². The third-order valence-corrected chi connectivity index (χ3v) is 5.38. The number of hydrogen-bond donors (Lipinski definition) is 1. The highest BCUT2D eigenvalue weighted by Crippen LogP contribution is 2.21. The zero-order valence-corrected chi connectivity index (χ0v) is 18.7. The molecule has 1 aliphatic rings. The van der Waals surface area contributed by atoms with Gasteiger partial charge in [-0.1, -0.05) is 12.1 Å². The van der Waals surface area contributed by atoms with E-state index in [-0.39, 0.29) is 6.04 Å². The molecule has 1 N–H and O–H groups in total. The molecule has 0 aliphatic carbocycles. The Morgan fingerprint density at radius 2 is 1.86 bits per heavy atom. The molecule has 164 valence electrons. The van der Waals surface area contributed by atoms with Crippen molar-refractivity contribution in [3.05, 3.63) is 29.8 Å². The SMILES string of the molecule is CN=C(NCC(c1ccc(OC)cc1)N(C)C)N1CCC(OCCCOC)CC1. The number of methoxy groups -OCH3 is 2. The molecule has 1 heterocycles. The van der Waals surface area contributed by atoms with E-state index in [0.29, 0.717) is 6.10 Å². The Morgan fingerprint density at radius 3 is 2.41 bits per heavy atom. The molecule has 1 saturated heterocycles. The van der Waals surface area contributed by atoms with Gasteiger partial charge in [0.25, 0.3) is 0 Å². The molecule has 0 amide bonds. The van der Waals surface area contributed by atoms with Crippen LogP contribution in [0.4, 0.5) is 0 Å². The number of guanidine groups is 1. The van der Waals surface area contributed by atoms with Gasteiger partial charge in [-0.15, -0.1) is 0 Å². The number of likely N-dealkylation sites (N-methyl/N-ethyl adjacent to an activating group) is 1. The summed E-state index contributed by atoms with van der Waals surface area (Å²) in [5.41, 5.74) is 1.25. The molecule has 1 aromatic rings. The standard InChI is InChI=1S/C22H38N4O3/c1-23-22(26-13-11-20(12-14-26)29-16-6-15-27-4)24-17-21(25(2)3)18-7-9-19(28-5)10-8-18/h7-10,20-21H,6,11-17H2,1-5H3,(H,23,24). The lowest BCUT2D eigenvalue weighted by atomic mass is 10.1. The third-order valence-electron chi connectivity index (χ3n) is 5.38. The summed E-state index contributed by atoms with van der Waals surface area (Å²) in [6.07, 6.45) is 3.36. The summed E-state index contributed by atoms with van der Waals surface area (Å²) in [6.45, 7) is 4.25. The first-order valence-electron chi connectivity index (χ1n) is 10.5. The first-order valence-corrected chi connectivity index (χ1v) is 10.5. The number of nitrogens with zero attached hydrogens (tertiary/aromatic N) is 3. The van der Waals surface area contributed by atoms with E-state index in [4.69, 9.17) is 14.2 Å². The molecule has 7 heteroatoms. The molecule has 29 heavy (non-hydrogen) atoms. The van der Waals surface area contributed by atoms with E-state index in [1.807, 2.05) is 19.2 Å². The molecule has 0 aromatic heterocycles. The van der Waals surface area contributed by atoms with Crippen molar-refractivity contribution in [3.63, 3.8) is 0 Å². The Kier molecular flexibility index (Phi) is 10.2. The van der Waals surface area contributed by atoms with Gasteiger partial charge in [-0.05, 0) is 51.1 Å². The van der Waals surface area contributed by atoms with Gasteiger partial charge in [-0.2, -0.15) is 0 Å². The Bertz CT molecular complexity index is 599. The van der Waals surface area contributed by atoms with E-state index in [0.717, 1.165) is 63.8 Å². The maximum Gasteiger partial charge on any atom is 0.193 e. The number of nitrogens with one attached hydrogen (secondary N) is 1.